The van der Waals surface area contributed by atoms with Crippen molar-refractivity contribution in [3.8, 4) is 6.07 Å². The molecule has 1 aromatic carbocycles. The van der Waals surface area contributed by atoms with Crippen molar-refractivity contribution in [1.82, 2.24) is 5.32 Å². The minimum atomic E-state index is -0.331. The molecule has 0 amide bonds. The molecule has 1 unspecified atom stereocenters. The van der Waals surface area contributed by atoms with E-state index in [2.05, 4.69) is 18.3 Å². The van der Waals surface area contributed by atoms with E-state index >= 15 is 0 Å². The van der Waals surface area contributed by atoms with Crippen LogP contribution in [0.15, 0.2) is 29.2 Å². The van der Waals surface area contributed by atoms with Gasteiger partial charge in [-0.15, -0.1) is 11.8 Å². The summed E-state index contributed by atoms with van der Waals surface area (Å²) in [5, 5.41) is 13.8. The summed E-state index contributed by atoms with van der Waals surface area (Å²) in [7, 11) is 0. The van der Waals surface area contributed by atoms with Crippen LogP contribution in [0.5, 0.6) is 0 Å². The highest BCUT2D eigenvalue weighted by molar-refractivity contribution is 7.99. The van der Waals surface area contributed by atoms with Gasteiger partial charge >= 0.3 is 0 Å². The van der Waals surface area contributed by atoms with Gasteiger partial charge in [-0.1, -0.05) is 30.7 Å². The SMILES string of the molecule is CCC(C#N)(CCCSc1ccccc1Cl)NC1CC1. The van der Waals surface area contributed by atoms with Crippen LogP contribution >= 0.6 is 23.4 Å². The molecule has 1 saturated carbocycles. The molecule has 0 saturated heterocycles. The van der Waals surface area contributed by atoms with E-state index in [4.69, 9.17) is 11.6 Å². The predicted octanol–water partition coefficient (Wildman–Crippen LogP) is 4.64. The molecule has 108 valence electrons. The number of nitriles is 1. The lowest BCUT2D eigenvalue weighted by Crippen LogP contribution is -2.44. The van der Waals surface area contributed by atoms with Crippen molar-refractivity contribution in [3.05, 3.63) is 29.3 Å². The highest BCUT2D eigenvalue weighted by Gasteiger charge is 2.34. The lowest BCUT2D eigenvalue weighted by atomic mass is 9.92. The van der Waals surface area contributed by atoms with E-state index in [-0.39, 0.29) is 5.54 Å². The van der Waals surface area contributed by atoms with Gasteiger partial charge in [0.25, 0.3) is 0 Å². The summed E-state index contributed by atoms with van der Waals surface area (Å²) in [6.45, 7) is 2.10. The number of nitrogens with zero attached hydrogens (tertiary/aromatic N) is 1. The molecule has 1 aliphatic carbocycles. The van der Waals surface area contributed by atoms with Gasteiger partial charge in [0.05, 0.1) is 11.1 Å². The molecule has 1 N–H and O–H groups in total. The zero-order valence-electron chi connectivity index (χ0n) is 11.9. The van der Waals surface area contributed by atoms with Crippen LogP contribution in [0.4, 0.5) is 0 Å². The second kappa shape index (κ2) is 7.36. The Morgan fingerprint density at radius 1 is 1.45 bits per heavy atom. The largest absolute Gasteiger partial charge is 0.297 e. The third-order valence-corrected chi connectivity index (χ3v) is 5.32. The molecule has 1 fully saturated rings. The first kappa shape index (κ1) is 15.7. The van der Waals surface area contributed by atoms with E-state index in [1.54, 1.807) is 11.8 Å². The van der Waals surface area contributed by atoms with Crippen molar-refractivity contribution in [2.45, 2.75) is 55.5 Å². The van der Waals surface area contributed by atoms with Crippen LogP contribution in [0.2, 0.25) is 5.02 Å². The van der Waals surface area contributed by atoms with E-state index in [0.29, 0.717) is 6.04 Å². The Hall–Kier alpha value is -0.690. The monoisotopic (exact) mass is 308 g/mol. The van der Waals surface area contributed by atoms with E-state index in [1.807, 2.05) is 24.3 Å². The van der Waals surface area contributed by atoms with Crippen LogP contribution in [-0.4, -0.2) is 17.3 Å². The summed E-state index contributed by atoms with van der Waals surface area (Å²) >= 11 is 7.91. The van der Waals surface area contributed by atoms with Crippen LogP contribution in [-0.2, 0) is 0 Å². The van der Waals surface area contributed by atoms with E-state index in [1.165, 1.54) is 12.8 Å². The normalized spacial score (nSPS) is 17.4. The summed E-state index contributed by atoms with van der Waals surface area (Å²) in [6, 6.07) is 11.0. The first-order valence-electron chi connectivity index (χ1n) is 7.25. The number of benzene rings is 1. The van der Waals surface area contributed by atoms with Crippen LogP contribution in [0.3, 0.4) is 0 Å². The quantitative estimate of drug-likeness (QED) is 0.561. The van der Waals surface area contributed by atoms with E-state index in [0.717, 1.165) is 34.9 Å². The summed E-state index contributed by atoms with van der Waals surface area (Å²) < 4.78 is 0. The fraction of sp³-hybridized carbons (Fsp3) is 0.562. The third kappa shape index (κ3) is 4.41. The lowest BCUT2D eigenvalue weighted by Gasteiger charge is -2.26. The molecular weight excluding hydrogens is 288 g/mol. The number of hydrogen-bond donors (Lipinski definition) is 1. The molecule has 0 aliphatic heterocycles. The van der Waals surface area contributed by atoms with Gasteiger partial charge < -0.3 is 0 Å². The third-order valence-electron chi connectivity index (χ3n) is 3.72. The predicted molar refractivity (Wildman–Crippen MR) is 86.2 cm³/mol. The number of nitrogens with one attached hydrogen (secondary N) is 1. The van der Waals surface area contributed by atoms with Crippen molar-refractivity contribution in [3.63, 3.8) is 0 Å². The second-order valence-corrected chi connectivity index (χ2v) is 6.89. The first-order chi connectivity index (χ1) is 9.69. The smallest absolute Gasteiger partial charge is 0.106 e. The van der Waals surface area contributed by atoms with Gasteiger partial charge in [0.2, 0.25) is 0 Å². The van der Waals surface area contributed by atoms with Crippen molar-refractivity contribution < 1.29 is 0 Å². The molecule has 0 bridgehead atoms. The Morgan fingerprint density at radius 3 is 2.80 bits per heavy atom. The molecule has 20 heavy (non-hydrogen) atoms. The fourth-order valence-electron chi connectivity index (χ4n) is 2.25. The highest BCUT2D eigenvalue weighted by Crippen LogP contribution is 2.30. The molecule has 0 heterocycles. The molecule has 1 atom stereocenters. The fourth-order valence-corrected chi connectivity index (χ4v) is 3.44. The Morgan fingerprint density at radius 2 is 2.20 bits per heavy atom. The molecule has 1 aliphatic rings. The van der Waals surface area contributed by atoms with Gasteiger partial charge in [-0.3, -0.25) is 5.32 Å². The maximum absolute atomic E-state index is 9.47. The summed E-state index contributed by atoms with van der Waals surface area (Å²) in [4.78, 5) is 1.13. The molecule has 0 radical (unpaired) electrons. The van der Waals surface area contributed by atoms with Crippen molar-refractivity contribution in [2.24, 2.45) is 0 Å². The lowest BCUT2D eigenvalue weighted by molar-refractivity contribution is 0.367. The number of rotatable bonds is 8. The Balaban J connectivity index is 1.79. The van der Waals surface area contributed by atoms with Crippen molar-refractivity contribution >= 4 is 23.4 Å². The van der Waals surface area contributed by atoms with Gasteiger partial charge in [-0.25, -0.2) is 0 Å². The molecule has 4 heteroatoms. The average molecular weight is 309 g/mol. The molecular formula is C16H21ClN2S. The maximum atomic E-state index is 9.47. The number of thioether (sulfide) groups is 1. The van der Waals surface area contributed by atoms with Gasteiger partial charge in [-0.2, -0.15) is 5.26 Å². The molecule has 1 aromatic rings. The minimum absolute atomic E-state index is 0.331. The highest BCUT2D eigenvalue weighted by atomic mass is 35.5. The van der Waals surface area contributed by atoms with E-state index < -0.39 is 0 Å². The maximum Gasteiger partial charge on any atom is 0.106 e. The van der Waals surface area contributed by atoms with Gasteiger partial charge in [0, 0.05) is 10.9 Å². The second-order valence-electron chi connectivity index (χ2n) is 5.35. The van der Waals surface area contributed by atoms with Crippen LogP contribution < -0.4 is 5.32 Å². The summed E-state index contributed by atoms with van der Waals surface area (Å²) in [5.41, 5.74) is -0.331. The standard InChI is InChI=1S/C16H21ClN2S/c1-2-16(12-18,19-13-8-9-13)10-5-11-20-15-7-4-3-6-14(15)17/h3-4,6-7,13,19H,2,5,8-11H2,1H3. The summed E-state index contributed by atoms with van der Waals surface area (Å²) in [5.74, 6) is 1.000. The van der Waals surface area contributed by atoms with Crippen molar-refractivity contribution in [1.29, 1.82) is 5.26 Å². The molecule has 2 rings (SSSR count). The zero-order valence-corrected chi connectivity index (χ0v) is 13.4. The van der Waals surface area contributed by atoms with Crippen LogP contribution in [0, 0.1) is 11.3 Å². The topological polar surface area (TPSA) is 35.8 Å². The Bertz CT molecular complexity index is 482. The number of halogens is 1. The van der Waals surface area contributed by atoms with Crippen LogP contribution in [0.1, 0.15) is 39.0 Å². The van der Waals surface area contributed by atoms with Gasteiger partial charge in [0.15, 0.2) is 0 Å². The molecule has 2 nitrogen and oxygen atoms in total. The average Bonchev–Trinajstić information content (AvgIpc) is 3.28. The van der Waals surface area contributed by atoms with Gasteiger partial charge in [-0.05, 0) is 50.0 Å². The molecule has 0 spiro atoms. The Labute approximate surface area is 130 Å². The molecule has 0 aromatic heterocycles. The van der Waals surface area contributed by atoms with Crippen molar-refractivity contribution in [2.75, 3.05) is 5.75 Å². The van der Waals surface area contributed by atoms with E-state index in [9.17, 15) is 5.26 Å². The Kier molecular flexibility index (Phi) is 5.77. The zero-order chi connectivity index (χ0) is 14.4. The number of hydrogen-bond acceptors (Lipinski definition) is 3. The van der Waals surface area contributed by atoms with Gasteiger partial charge in [0.1, 0.15) is 5.54 Å². The first-order valence-corrected chi connectivity index (χ1v) is 8.62. The minimum Gasteiger partial charge on any atom is -0.297 e. The summed E-state index contributed by atoms with van der Waals surface area (Å²) in [6.07, 6.45) is 5.25. The van der Waals surface area contributed by atoms with Crippen LogP contribution in [0.25, 0.3) is 0 Å².